The molecular formula is C27H32Cl2N6O2. The summed E-state index contributed by atoms with van der Waals surface area (Å²) in [5, 5.41) is 7.93. The zero-order valence-electron chi connectivity index (χ0n) is 21.0. The molecule has 5 N–H and O–H groups in total. The van der Waals surface area contributed by atoms with Crippen LogP contribution in [0.2, 0.25) is 10.0 Å². The fourth-order valence-corrected chi connectivity index (χ4v) is 4.94. The first-order chi connectivity index (χ1) is 17.6. The van der Waals surface area contributed by atoms with Crippen LogP contribution in [-0.2, 0) is 42.2 Å². The van der Waals surface area contributed by atoms with Gasteiger partial charge < -0.3 is 21.3 Å². The van der Waals surface area contributed by atoms with Crippen LogP contribution in [0.25, 0.3) is 0 Å². The molecule has 2 amide bonds. The molecule has 0 bridgehead atoms. The van der Waals surface area contributed by atoms with Crippen molar-refractivity contribution in [1.29, 1.82) is 0 Å². The topological polar surface area (TPSA) is 121 Å². The molecule has 196 valence electrons. The van der Waals surface area contributed by atoms with Gasteiger partial charge in [-0.15, -0.1) is 0 Å². The molecule has 0 aliphatic carbocycles. The highest BCUT2D eigenvalue weighted by molar-refractivity contribution is 6.35. The molecular weight excluding hydrogens is 511 g/mol. The molecule has 2 aliphatic heterocycles. The minimum Gasteiger partial charge on any atom is -0.333 e. The van der Waals surface area contributed by atoms with Crippen molar-refractivity contribution in [3.8, 4) is 0 Å². The molecule has 0 saturated heterocycles. The summed E-state index contributed by atoms with van der Waals surface area (Å²) < 4.78 is 0. The number of rotatable bonds is 5. The Hall–Kier alpha value is -2.91. The van der Waals surface area contributed by atoms with Crippen LogP contribution >= 0.6 is 23.2 Å². The lowest BCUT2D eigenvalue weighted by atomic mass is 10.0. The number of nitrogens with two attached hydrogens (primary N) is 2. The van der Waals surface area contributed by atoms with Gasteiger partial charge in [-0.2, -0.15) is 5.10 Å². The summed E-state index contributed by atoms with van der Waals surface area (Å²) in [6.45, 7) is 6.44. The molecule has 0 fully saturated rings. The van der Waals surface area contributed by atoms with E-state index in [0.29, 0.717) is 42.6 Å². The summed E-state index contributed by atoms with van der Waals surface area (Å²) in [5.74, 6) is 0.160. The molecule has 5 rings (SSSR count). The van der Waals surface area contributed by atoms with Crippen LogP contribution in [0.4, 0.5) is 0 Å². The van der Waals surface area contributed by atoms with Crippen molar-refractivity contribution in [3.05, 3.63) is 86.7 Å². The second-order valence-corrected chi connectivity index (χ2v) is 10.7. The summed E-state index contributed by atoms with van der Waals surface area (Å²) in [4.78, 5) is 28.0. The van der Waals surface area contributed by atoms with Gasteiger partial charge in [-0.25, -0.2) is 0 Å². The van der Waals surface area contributed by atoms with Crippen molar-refractivity contribution in [3.63, 3.8) is 0 Å². The number of nitrogens with zero attached hydrogens (tertiary/aromatic N) is 3. The van der Waals surface area contributed by atoms with Gasteiger partial charge in [0.2, 0.25) is 11.8 Å². The fraction of sp³-hybridized carbons (Fsp3) is 0.370. The van der Waals surface area contributed by atoms with Crippen LogP contribution in [0.3, 0.4) is 0 Å². The third-order valence-electron chi connectivity index (χ3n) is 6.76. The predicted octanol–water partition coefficient (Wildman–Crippen LogP) is 3.64. The number of amides is 2. The molecule has 10 heteroatoms. The van der Waals surface area contributed by atoms with E-state index >= 15 is 0 Å². The van der Waals surface area contributed by atoms with E-state index in [4.69, 9.17) is 34.7 Å². The van der Waals surface area contributed by atoms with E-state index < -0.39 is 6.04 Å². The number of fused-ring (bicyclic) bond motifs is 2. The van der Waals surface area contributed by atoms with E-state index in [2.05, 4.69) is 22.3 Å². The maximum absolute atomic E-state index is 12.4. The van der Waals surface area contributed by atoms with Gasteiger partial charge in [0.05, 0.1) is 30.5 Å². The zero-order valence-corrected chi connectivity index (χ0v) is 22.5. The van der Waals surface area contributed by atoms with Crippen molar-refractivity contribution in [2.75, 3.05) is 0 Å². The van der Waals surface area contributed by atoms with E-state index in [1.165, 1.54) is 11.1 Å². The van der Waals surface area contributed by atoms with Gasteiger partial charge in [0, 0.05) is 35.2 Å². The lowest BCUT2D eigenvalue weighted by Gasteiger charge is -2.22. The summed E-state index contributed by atoms with van der Waals surface area (Å²) in [5.41, 5.74) is 17.2. The monoisotopic (exact) mass is 542 g/mol. The number of halogens is 2. The molecule has 3 aromatic rings. The van der Waals surface area contributed by atoms with Gasteiger partial charge in [0.15, 0.2) is 0 Å². The van der Waals surface area contributed by atoms with Crippen LogP contribution in [-0.4, -0.2) is 43.9 Å². The molecule has 0 unspecified atom stereocenters. The molecule has 2 atom stereocenters. The molecule has 0 saturated carbocycles. The third kappa shape index (κ3) is 6.33. The minimum absolute atomic E-state index is 0.0613. The van der Waals surface area contributed by atoms with Crippen molar-refractivity contribution >= 4 is 35.0 Å². The SMILES string of the molecule is CC(C)[C@@H](N)C(=O)N1Cc2ccccc2C1.N[C@H](Cc1ccc(Cl)cc1Cl)C(=O)N1Cc2cn[nH]c2C1. The van der Waals surface area contributed by atoms with E-state index in [1.807, 2.05) is 30.9 Å². The highest BCUT2D eigenvalue weighted by Crippen LogP contribution is 2.25. The molecule has 2 aromatic carbocycles. The lowest BCUT2D eigenvalue weighted by Crippen LogP contribution is -2.44. The summed E-state index contributed by atoms with van der Waals surface area (Å²) in [6, 6.07) is 12.4. The molecule has 37 heavy (non-hydrogen) atoms. The van der Waals surface area contributed by atoms with Gasteiger partial charge in [0.25, 0.3) is 0 Å². The normalized spacial score (nSPS) is 15.6. The number of benzene rings is 2. The number of carbonyl (C=O) groups excluding carboxylic acids is 2. The van der Waals surface area contributed by atoms with E-state index in [9.17, 15) is 9.59 Å². The van der Waals surface area contributed by atoms with E-state index in [1.54, 1.807) is 29.3 Å². The van der Waals surface area contributed by atoms with Crippen molar-refractivity contribution in [2.45, 2.75) is 58.5 Å². The number of H-pyrrole nitrogens is 1. The molecule has 8 nitrogen and oxygen atoms in total. The number of aromatic nitrogens is 2. The van der Waals surface area contributed by atoms with Gasteiger partial charge in [-0.3, -0.25) is 14.7 Å². The predicted molar refractivity (Wildman–Crippen MR) is 144 cm³/mol. The minimum atomic E-state index is -0.624. The van der Waals surface area contributed by atoms with Crippen LogP contribution < -0.4 is 11.5 Å². The van der Waals surface area contributed by atoms with Gasteiger partial charge in [-0.1, -0.05) is 67.4 Å². The first kappa shape index (κ1) is 27.1. The Bertz CT molecular complexity index is 1230. The highest BCUT2D eigenvalue weighted by atomic mass is 35.5. The van der Waals surface area contributed by atoms with Crippen molar-refractivity contribution < 1.29 is 9.59 Å². The average molecular weight is 543 g/mol. The van der Waals surface area contributed by atoms with E-state index in [0.717, 1.165) is 16.8 Å². The lowest BCUT2D eigenvalue weighted by molar-refractivity contribution is -0.134. The van der Waals surface area contributed by atoms with Crippen LogP contribution in [0.15, 0.2) is 48.7 Å². The number of hydrogen-bond donors (Lipinski definition) is 3. The summed E-state index contributed by atoms with van der Waals surface area (Å²) in [6.07, 6.45) is 2.13. The van der Waals surface area contributed by atoms with Gasteiger partial charge >= 0.3 is 0 Å². The van der Waals surface area contributed by atoms with Gasteiger partial charge in [-0.05, 0) is 41.2 Å². The smallest absolute Gasteiger partial charge is 0.240 e. The standard InChI is InChI=1S/C14H14Cl2N4O.C13H18N2O/c15-10-2-1-8(11(16)4-10)3-12(17)14(21)20-6-9-5-18-19-13(9)7-20;1-9(2)12(14)13(16)15-7-10-5-3-4-6-11(10)8-15/h1-2,4-5,12H,3,6-7,17H2,(H,18,19);3-6,9,12H,7-8,14H2,1-2H3/t2*12-/m11/s1. The molecule has 2 aliphatic rings. The molecule has 0 radical (unpaired) electrons. The number of aromatic amines is 1. The first-order valence-electron chi connectivity index (χ1n) is 12.2. The Morgan fingerprint density at radius 3 is 2.16 bits per heavy atom. The fourth-order valence-electron chi connectivity index (χ4n) is 4.45. The van der Waals surface area contributed by atoms with E-state index in [-0.39, 0.29) is 23.8 Å². The molecule has 3 heterocycles. The van der Waals surface area contributed by atoms with Crippen LogP contribution in [0, 0.1) is 5.92 Å². The Kier molecular flexibility index (Phi) is 8.54. The second kappa shape index (κ2) is 11.6. The maximum atomic E-state index is 12.4. The summed E-state index contributed by atoms with van der Waals surface area (Å²) >= 11 is 12.0. The Morgan fingerprint density at radius 2 is 1.57 bits per heavy atom. The largest absolute Gasteiger partial charge is 0.333 e. The number of carbonyl (C=O) groups is 2. The van der Waals surface area contributed by atoms with Crippen LogP contribution in [0.1, 0.15) is 41.8 Å². The Morgan fingerprint density at radius 1 is 0.946 bits per heavy atom. The first-order valence-corrected chi connectivity index (χ1v) is 13.0. The van der Waals surface area contributed by atoms with Crippen molar-refractivity contribution in [2.24, 2.45) is 17.4 Å². The number of hydrogen-bond acceptors (Lipinski definition) is 5. The zero-order chi connectivity index (χ0) is 26.7. The summed E-state index contributed by atoms with van der Waals surface area (Å²) in [7, 11) is 0. The second-order valence-electron chi connectivity index (χ2n) is 9.85. The maximum Gasteiger partial charge on any atom is 0.240 e. The van der Waals surface area contributed by atoms with Crippen LogP contribution in [0.5, 0.6) is 0 Å². The average Bonchev–Trinajstić information content (AvgIpc) is 3.59. The Balaban J connectivity index is 0.000000180. The Labute approximate surface area is 226 Å². The number of nitrogens with one attached hydrogen (secondary N) is 1. The third-order valence-corrected chi connectivity index (χ3v) is 7.34. The molecule has 0 spiro atoms. The van der Waals surface area contributed by atoms with Gasteiger partial charge in [0.1, 0.15) is 0 Å². The molecule has 1 aromatic heterocycles. The van der Waals surface area contributed by atoms with Crippen molar-refractivity contribution in [1.82, 2.24) is 20.0 Å². The quantitative estimate of drug-likeness (QED) is 0.454. The highest BCUT2D eigenvalue weighted by Gasteiger charge is 2.29.